The Morgan fingerprint density at radius 3 is 1.04 bits per heavy atom. The Balaban J connectivity index is 0.976. The van der Waals surface area contributed by atoms with Crippen molar-refractivity contribution < 1.29 is 0 Å². The molecule has 0 spiro atoms. The molecule has 0 unspecified atom stereocenters. The molecule has 0 aliphatic heterocycles. The third-order valence-electron chi connectivity index (χ3n) is 15.9. The number of hydrogen-bond donors (Lipinski definition) is 0. The van der Waals surface area contributed by atoms with Crippen LogP contribution in [-0.4, -0.2) is 21.8 Å². The Morgan fingerprint density at radius 1 is 0.184 bits per heavy atom. The average molecular weight is 984 g/mol. The van der Waals surface area contributed by atoms with Crippen molar-refractivity contribution in [3.8, 4) is 39.3 Å². The number of benzene rings is 12. The summed E-state index contributed by atoms with van der Waals surface area (Å²) in [5.41, 5.74) is 15.1. The molecule has 76 heavy (non-hydrogen) atoms. The van der Waals surface area contributed by atoms with Gasteiger partial charge < -0.3 is 13.7 Å². The summed E-state index contributed by atoms with van der Waals surface area (Å²) in [4.78, 5) is 0. The summed E-state index contributed by atoms with van der Waals surface area (Å²) in [7, 11) is -2.84. The van der Waals surface area contributed by atoms with Gasteiger partial charge in [0.1, 0.15) is 0 Å². The van der Waals surface area contributed by atoms with Gasteiger partial charge in [0.05, 0.1) is 33.1 Å². The predicted molar refractivity (Wildman–Crippen MR) is 324 cm³/mol. The summed E-state index contributed by atoms with van der Waals surface area (Å²) in [6.07, 6.45) is 0. The van der Waals surface area contributed by atoms with Crippen molar-refractivity contribution in [2.75, 3.05) is 0 Å². The van der Waals surface area contributed by atoms with Gasteiger partial charge in [-0.3, -0.25) is 0 Å². The van der Waals surface area contributed by atoms with E-state index < -0.39 is 8.07 Å². The van der Waals surface area contributed by atoms with Crippen LogP contribution in [0.25, 0.3) is 105 Å². The Bertz CT molecular complexity index is 4520. The largest absolute Gasteiger partial charge is 0.309 e. The van der Waals surface area contributed by atoms with Gasteiger partial charge in [0.25, 0.3) is 0 Å². The fourth-order valence-electron chi connectivity index (χ4n) is 12.6. The highest BCUT2D eigenvalue weighted by atomic mass is 28.3. The van der Waals surface area contributed by atoms with Crippen LogP contribution in [0.5, 0.6) is 0 Å². The summed E-state index contributed by atoms with van der Waals surface area (Å²) in [6.45, 7) is 0. The Kier molecular flexibility index (Phi) is 10.2. The van der Waals surface area contributed by atoms with Crippen LogP contribution in [-0.2, 0) is 0 Å². The summed E-state index contributed by atoms with van der Waals surface area (Å²) in [5, 5.41) is 12.8. The topological polar surface area (TPSA) is 14.8 Å². The van der Waals surface area contributed by atoms with Gasteiger partial charge in [-0.05, 0) is 116 Å². The summed E-state index contributed by atoms with van der Waals surface area (Å²) in [5.74, 6) is 0. The van der Waals surface area contributed by atoms with E-state index in [1.807, 2.05) is 0 Å². The summed E-state index contributed by atoms with van der Waals surface area (Å²) >= 11 is 0. The van der Waals surface area contributed by atoms with Crippen LogP contribution < -0.4 is 20.7 Å². The molecule has 3 nitrogen and oxygen atoms in total. The lowest BCUT2D eigenvalue weighted by molar-refractivity contribution is 1.13. The van der Waals surface area contributed by atoms with Gasteiger partial charge in [-0.2, -0.15) is 0 Å². The molecule has 0 saturated carbocycles. The predicted octanol–water partition coefficient (Wildman–Crippen LogP) is 15.7. The van der Waals surface area contributed by atoms with Crippen LogP contribution in [0.15, 0.2) is 297 Å². The molecule has 0 aliphatic rings. The first-order chi connectivity index (χ1) is 37.7. The molecule has 0 bridgehead atoms. The second-order valence-electron chi connectivity index (χ2n) is 20.0. The SMILES string of the molecule is c1ccc(-c2cc(-n3c4ccccc4c4ccccc43)cc(-n3c4ccccc4c4cc(-n5c6ccc(-c7ccccc7)cc6c6cc([Si](c7ccccc7)(c7ccccc7)c7ccccc7)ccc65)ccc43)c2)cc1. The molecule has 0 radical (unpaired) electrons. The van der Waals surface area contributed by atoms with E-state index in [1.165, 1.54) is 91.8 Å². The number of nitrogens with zero attached hydrogens (tertiary/aromatic N) is 3. The molecular formula is C72H49N3Si. The van der Waals surface area contributed by atoms with Crippen molar-refractivity contribution in [3.63, 3.8) is 0 Å². The van der Waals surface area contributed by atoms with Crippen molar-refractivity contribution in [1.29, 1.82) is 0 Å². The number of rotatable bonds is 9. The van der Waals surface area contributed by atoms with Gasteiger partial charge in [-0.1, -0.05) is 224 Å². The first-order valence-electron chi connectivity index (χ1n) is 26.2. The Labute approximate surface area is 442 Å². The van der Waals surface area contributed by atoms with E-state index in [9.17, 15) is 0 Å². The van der Waals surface area contributed by atoms with Gasteiger partial charge in [0, 0.05) is 49.4 Å². The summed E-state index contributed by atoms with van der Waals surface area (Å²) in [6, 6.07) is 111. The van der Waals surface area contributed by atoms with E-state index in [-0.39, 0.29) is 0 Å². The highest BCUT2D eigenvalue weighted by Gasteiger charge is 2.41. The van der Waals surface area contributed by atoms with Crippen LogP contribution in [0.1, 0.15) is 0 Å². The summed E-state index contributed by atoms with van der Waals surface area (Å²) < 4.78 is 7.42. The lowest BCUT2D eigenvalue weighted by Crippen LogP contribution is -2.74. The van der Waals surface area contributed by atoms with E-state index in [0.717, 1.165) is 33.7 Å². The molecule has 0 N–H and O–H groups in total. The highest BCUT2D eigenvalue weighted by molar-refractivity contribution is 7.20. The molecule has 0 amide bonds. The van der Waals surface area contributed by atoms with E-state index >= 15 is 0 Å². The Hall–Kier alpha value is -9.74. The molecule has 15 aromatic rings. The van der Waals surface area contributed by atoms with Crippen LogP contribution >= 0.6 is 0 Å². The van der Waals surface area contributed by atoms with E-state index in [0.29, 0.717) is 0 Å². The van der Waals surface area contributed by atoms with Crippen molar-refractivity contribution in [2.45, 2.75) is 0 Å². The molecule has 0 aliphatic carbocycles. The smallest absolute Gasteiger partial charge is 0.179 e. The van der Waals surface area contributed by atoms with Crippen LogP contribution in [0.4, 0.5) is 0 Å². The third-order valence-corrected chi connectivity index (χ3v) is 20.7. The van der Waals surface area contributed by atoms with Gasteiger partial charge in [-0.15, -0.1) is 0 Å². The van der Waals surface area contributed by atoms with Gasteiger partial charge in [-0.25, -0.2) is 0 Å². The van der Waals surface area contributed by atoms with E-state index in [4.69, 9.17) is 0 Å². The molecule has 0 saturated heterocycles. The molecule has 4 heteroatoms. The quantitative estimate of drug-likeness (QED) is 0.101. The molecule has 12 aromatic carbocycles. The first kappa shape index (κ1) is 43.8. The molecule has 0 atom stereocenters. The Morgan fingerprint density at radius 2 is 0.539 bits per heavy atom. The number of fused-ring (bicyclic) bond motifs is 9. The maximum absolute atomic E-state index is 2.84. The van der Waals surface area contributed by atoms with Crippen LogP contribution in [0.3, 0.4) is 0 Å². The van der Waals surface area contributed by atoms with Crippen molar-refractivity contribution >= 4 is 94.2 Å². The average Bonchev–Trinajstić information content (AvgIpc) is 4.25. The zero-order chi connectivity index (χ0) is 50.2. The monoisotopic (exact) mass is 983 g/mol. The molecule has 3 aromatic heterocycles. The molecule has 0 fully saturated rings. The zero-order valence-electron chi connectivity index (χ0n) is 41.6. The highest BCUT2D eigenvalue weighted by Crippen LogP contribution is 2.41. The first-order valence-corrected chi connectivity index (χ1v) is 28.2. The fraction of sp³-hybridized carbons (Fsp3) is 0. The third kappa shape index (κ3) is 6.81. The van der Waals surface area contributed by atoms with E-state index in [2.05, 4.69) is 311 Å². The minimum Gasteiger partial charge on any atom is -0.309 e. The maximum atomic E-state index is 2.54. The van der Waals surface area contributed by atoms with Crippen molar-refractivity contribution in [3.05, 3.63) is 297 Å². The van der Waals surface area contributed by atoms with Crippen molar-refractivity contribution in [2.24, 2.45) is 0 Å². The van der Waals surface area contributed by atoms with E-state index in [1.54, 1.807) is 0 Å². The second-order valence-corrected chi connectivity index (χ2v) is 23.9. The number of para-hydroxylation sites is 3. The molecular weight excluding hydrogens is 935 g/mol. The maximum Gasteiger partial charge on any atom is 0.179 e. The van der Waals surface area contributed by atoms with Gasteiger partial charge in [0.15, 0.2) is 8.07 Å². The van der Waals surface area contributed by atoms with Crippen LogP contribution in [0.2, 0.25) is 0 Å². The lowest BCUT2D eigenvalue weighted by Gasteiger charge is -2.34. The molecule has 356 valence electrons. The van der Waals surface area contributed by atoms with Gasteiger partial charge in [0.2, 0.25) is 0 Å². The fourth-order valence-corrected chi connectivity index (χ4v) is 17.4. The second kappa shape index (κ2) is 17.7. The van der Waals surface area contributed by atoms with Crippen molar-refractivity contribution in [1.82, 2.24) is 13.7 Å². The molecule has 3 heterocycles. The molecule has 15 rings (SSSR count). The number of hydrogen-bond acceptors (Lipinski definition) is 0. The minimum absolute atomic E-state index is 1.11. The normalized spacial score (nSPS) is 11.9. The number of aromatic nitrogens is 3. The lowest BCUT2D eigenvalue weighted by atomic mass is 10.0. The van der Waals surface area contributed by atoms with Gasteiger partial charge >= 0.3 is 0 Å². The van der Waals surface area contributed by atoms with Crippen LogP contribution in [0, 0.1) is 0 Å². The minimum atomic E-state index is -2.84. The zero-order valence-corrected chi connectivity index (χ0v) is 42.6. The standard InChI is InChI=1S/C72H49N3Si/c1-6-22-50(23-7-1)52-38-41-70-64(46-52)66-49-60(76(57-26-10-3-11-27-57,58-28-12-4-13-29-58)59-30-14-5-15-31-59)40-43-72(66)73(70)54-39-42-71-65(48-54)63-34-18-21-37-69(63)75(71)56-45-53(51-24-8-2-9-25-51)44-55(47-56)74-67-35-19-16-32-61(67)62-33-17-20-36-68(62)74/h1-49H.